The second kappa shape index (κ2) is 7.13. The van der Waals surface area contributed by atoms with Crippen molar-refractivity contribution in [2.24, 2.45) is 17.6 Å². The zero-order chi connectivity index (χ0) is 14.6. The van der Waals surface area contributed by atoms with Gasteiger partial charge in [-0.3, -0.25) is 4.79 Å². The van der Waals surface area contributed by atoms with Crippen LogP contribution in [0.2, 0.25) is 10.0 Å². The SMILES string of the molecule is CC(C)C(CN)C(=O)N(C)Cc1cc(Cl)cc(Cl)c1. The van der Waals surface area contributed by atoms with Crippen LogP contribution in [0.1, 0.15) is 19.4 Å². The van der Waals surface area contributed by atoms with Gasteiger partial charge in [0, 0.05) is 30.2 Å². The number of hydrogen-bond acceptors (Lipinski definition) is 2. The van der Waals surface area contributed by atoms with E-state index in [1.165, 1.54) is 0 Å². The third kappa shape index (κ3) is 4.68. The first-order valence-corrected chi connectivity index (χ1v) is 7.00. The maximum Gasteiger partial charge on any atom is 0.227 e. The Labute approximate surface area is 124 Å². The molecule has 1 aromatic carbocycles. The van der Waals surface area contributed by atoms with Gasteiger partial charge < -0.3 is 10.6 Å². The summed E-state index contributed by atoms with van der Waals surface area (Å²) < 4.78 is 0. The van der Waals surface area contributed by atoms with Gasteiger partial charge in [-0.05, 0) is 29.7 Å². The van der Waals surface area contributed by atoms with Gasteiger partial charge in [-0.15, -0.1) is 0 Å². The Morgan fingerprint density at radius 1 is 1.26 bits per heavy atom. The second-order valence-corrected chi connectivity index (χ2v) is 5.93. The van der Waals surface area contributed by atoms with Crippen LogP contribution in [0.25, 0.3) is 0 Å². The first kappa shape index (κ1) is 16.3. The Morgan fingerprint density at radius 2 is 1.79 bits per heavy atom. The van der Waals surface area contributed by atoms with E-state index in [0.29, 0.717) is 23.1 Å². The van der Waals surface area contributed by atoms with Crippen molar-refractivity contribution in [3.05, 3.63) is 33.8 Å². The number of nitrogens with zero attached hydrogens (tertiary/aromatic N) is 1. The predicted molar refractivity (Wildman–Crippen MR) is 80.3 cm³/mol. The average Bonchev–Trinajstić information content (AvgIpc) is 2.27. The van der Waals surface area contributed by atoms with E-state index in [1.807, 2.05) is 26.0 Å². The highest BCUT2D eigenvalue weighted by atomic mass is 35.5. The average molecular weight is 303 g/mol. The molecule has 1 amide bonds. The maximum absolute atomic E-state index is 12.3. The van der Waals surface area contributed by atoms with Gasteiger partial charge >= 0.3 is 0 Å². The highest BCUT2D eigenvalue weighted by Crippen LogP contribution is 2.21. The summed E-state index contributed by atoms with van der Waals surface area (Å²) in [4.78, 5) is 13.9. The number of hydrogen-bond donors (Lipinski definition) is 1. The number of halogens is 2. The number of carbonyl (C=O) groups is 1. The lowest BCUT2D eigenvalue weighted by atomic mass is 9.94. The van der Waals surface area contributed by atoms with Crippen LogP contribution in [0.5, 0.6) is 0 Å². The molecule has 2 N–H and O–H groups in total. The van der Waals surface area contributed by atoms with Crippen molar-refractivity contribution in [2.45, 2.75) is 20.4 Å². The summed E-state index contributed by atoms with van der Waals surface area (Å²) in [6.45, 7) is 4.83. The topological polar surface area (TPSA) is 46.3 Å². The van der Waals surface area contributed by atoms with Crippen molar-refractivity contribution < 1.29 is 4.79 Å². The van der Waals surface area contributed by atoms with Gasteiger partial charge in [0.15, 0.2) is 0 Å². The number of carbonyl (C=O) groups excluding carboxylic acids is 1. The van der Waals surface area contributed by atoms with Crippen LogP contribution in [0.15, 0.2) is 18.2 Å². The molecule has 1 aromatic rings. The first-order valence-electron chi connectivity index (χ1n) is 6.25. The molecule has 1 atom stereocenters. The molecule has 0 heterocycles. The van der Waals surface area contributed by atoms with Crippen molar-refractivity contribution in [1.82, 2.24) is 4.90 Å². The molecule has 0 saturated carbocycles. The molecular weight excluding hydrogens is 283 g/mol. The van der Waals surface area contributed by atoms with Crippen LogP contribution in [0.4, 0.5) is 0 Å². The number of amides is 1. The smallest absolute Gasteiger partial charge is 0.227 e. The molecule has 3 nitrogen and oxygen atoms in total. The number of benzene rings is 1. The fourth-order valence-electron chi connectivity index (χ4n) is 2.00. The molecule has 106 valence electrons. The third-order valence-electron chi connectivity index (χ3n) is 3.09. The van der Waals surface area contributed by atoms with Crippen LogP contribution in [-0.2, 0) is 11.3 Å². The van der Waals surface area contributed by atoms with Crippen LogP contribution < -0.4 is 5.73 Å². The molecular formula is C14H20Cl2N2O. The summed E-state index contributed by atoms with van der Waals surface area (Å²) in [5.74, 6) is 0.121. The molecule has 0 bridgehead atoms. The van der Waals surface area contributed by atoms with Gasteiger partial charge in [-0.1, -0.05) is 37.0 Å². The van der Waals surface area contributed by atoms with Crippen LogP contribution in [0.3, 0.4) is 0 Å². The standard InChI is InChI=1S/C14H20Cl2N2O/c1-9(2)13(7-17)14(19)18(3)8-10-4-11(15)6-12(16)5-10/h4-6,9,13H,7-8,17H2,1-3H3. The molecule has 0 aliphatic rings. The summed E-state index contributed by atoms with van der Waals surface area (Å²) in [6, 6.07) is 5.29. The molecule has 0 aliphatic carbocycles. The lowest BCUT2D eigenvalue weighted by molar-refractivity contribution is -0.135. The number of nitrogens with two attached hydrogens (primary N) is 1. The summed E-state index contributed by atoms with van der Waals surface area (Å²) in [7, 11) is 1.77. The Bertz CT molecular complexity index is 429. The quantitative estimate of drug-likeness (QED) is 0.908. The van der Waals surface area contributed by atoms with Crippen molar-refractivity contribution in [3.8, 4) is 0 Å². The highest BCUT2D eigenvalue weighted by molar-refractivity contribution is 6.34. The summed E-state index contributed by atoms with van der Waals surface area (Å²) >= 11 is 11.9. The van der Waals surface area contributed by atoms with Gasteiger partial charge in [0.2, 0.25) is 5.91 Å². The molecule has 19 heavy (non-hydrogen) atoms. The molecule has 0 fully saturated rings. The molecule has 0 spiro atoms. The second-order valence-electron chi connectivity index (χ2n) is 5.06. The molecule has 0 radical (unpaired) electrons. The zero-order valence-corrected chi connectivity index (χ0v) is 13.0. The van der Waals surface area contributed by atoms with E-state index in [9.17, 15) is 4.79 Å². The van der Waals surface area contributed by atoms with Crippen molar-refractivity contribution in [2.75, 3.05) is 13.6 Å². The van der Waals surface area contributed by atoms with E-state index >= 15 is 0 Å². The fourth-order valence-corrected chi connectivity index (χ4v) is 2.57. The van der Waals surface area contributed by atoms with Gasteiger partial charge in [0.25, 0.3) is 0 Å². The third-order valence-corrected chi connectivity index (χ3v) is 3.53. The van der Waals surface area contributed by atoms with Crippen molar-refractivity contribution in [1.29, 1.82) is 0 Å². The van der Waals surface area contributed by atoms with E-state index in [2.05, 4.69) is 0 Å². The molecule has 1 unspecified atom stereocenters. The lowest BCUT2D eigenvalue weighted by Gasteiger charge is -2.25. The van der Waals surface area contributed by atoms with Gasteiger partial charge in [-0.2, -0.15) is 0 Å². The Morgan fingerprint density at radius 3 is 2.21 bits per heavy atom. The number of rotatable bonds is 5. The molecule has 0 saturated heterocycles. The Hall–Kier alpha value is -0.770. The Kier molecular flexibility index (Phi) is 6.11. The fraction of sp³-hybridized carbons (Fsp3) is 0.500. The molecule has 5 heteroatoms. The van der Waals surface area contributed by atoms with E-state index in [1.54, 1.807) is 18.0 Å². The van der Waals surface area contributed by atoms with Gasteiger partial charge in [0.05, 0.1) is 5.92 Å². The van der Waals surface area contributed by atoms with Gasteiger partial charge in [-0.25, -0.2) is 0 Å². The summed E-state index contributed by atoms with van der Waals surface area (Å²) in [5, 5.41) is 1.14. The van der Waals surface area contributed by atoms with Gasteiger partial charge in [0.1, 0.15) is 0 Å². The minimum atomic E-state index is -0.153. The summed E-state index contributed by atoms with van der Waals surface area (Å²) in [6.07, 6.45) is 0. The molecule has 0 aliphatic heterocycles. The van der Waals surface area contributed by atoms with Crippen molar-refractivity contribution in [3.63, 3.8) is 0 Å². The van der Waals surface area contributed by atoms with E-state index < -0.39 is 0 Å². The van der Waals surface area contributed by atoms with Crippen LogP contribution in [0, 0.1) is 11.8 Å². The molecule has 1 rings (SSSR count). The minimum Gasteiger partial charge on any atom is -0.341 e. The highest BCUT2D eigenvalue weighted by Gasteiger charge is 2.23. The minimum absolute atomic E-state index is 0.0496. The Balaban J connectivity index is 2.78. The van der Waals surface area contributed by atoms with E-state index in [4.69, 9.17) is 28.9 Å². The monoisotopic (exact) mass is 302 g/mol. The largest absolute Gasteiger partial charge is 0.341 e. The van der Waals surface area contributed by atoms with Crippen LogP contribution >= 0.6 is 23.2 Å². The predicted octanol–water partition coefficient (Wildman–Crippen LogP) is 3.18. The summed E-state index contributed by atoms with van der Waals surface area (Å²) in [5.41, 5.74) is 6.57. The first-order chi connectivity index (χ1) is 8.85. The van der Waals surface area contributed by atoms with Crippen molar-refractivity contribution >= 4 is 29.1 Å². The van der Waals surface area contributed by atoms with Crippen LogP contribution in [-0.4, -0.2) is 24.4 Å². The zero-order valence-electron chi connectivity index (χ0n) is 11.5. The van der Waals surface area contributed by atoms with E-state index in [0.717, 1.165) is 5.56 Å². The van der Waals surface area contributed by atoms with E-state index in [-0.39, 0.29) is 17.7 Å². The normalized spacial score (nSPS) is 12.6. The maximum atomic E-state index is 12.3. The molecule has 0 aromatic heterocycles. The lowest BCUT2D eigenvalue weighted by Crippen LogP contribution is -2.38.